The molecule has 0 radical (unpaired) electrons. The van der Waals surface area contributed by atoms with Gasteiger partial charge in [-0.25, -0.2) is 28.4 Å². The molecule has 142 valence electrons. The summed E-state index contributed by atoms with van der Waals surface area (Å²) in [5.74, 6) is 1.18. The number of aromatic nitrogens is 4. The van der Waals surface area contributed by atoms with Gasteiger partial charge in [0.25, 0.3) is 0 Å². The molecule has 3 aliphatic rings. The predicted molar refractivity (Wildman–Crippen MR) is 102 cm³/mol. The smallest absolute Gasteiger partial charge is 0.225 e. The van der Waals surface area contributed by atoms with E-state index in [1.807, 2.05) is 11.8 Å². The van der Waals surface area contributed by atoms with Gasteiger partial charge in [-0.1, -0.05) is 0 Å². The van der Waals surface area contributed by atoms with Gasteiger partial charge in [0.1, 0.15) is 0 Å². The van der Waals surface area contributed by atoms with Gasteiger partial charge < -0.3 is 9.80 Å². The maximum Gasteiger partial charge on any atom is 0.225 e. The number of nitrogens with zero attached hydrogens (tertiary/aromatic N) is 6. The Morgan fingerprint density at radius 1 is 0.963 bits per heavy atom. The second kappa shape index (κ2) is 6.12. The van der Waals surface area contributed by atoms with Gasteiger partial charge in [0, 0.05) is 56.3 Å². The number of rotatable bonds is 2. The van der Waals surface area contributed by atoms with E-state index >= 15 is 0 Å². The lowest BCUT2D eigenvalue weighted by molar-refractivity contribution is 0.563. The van der Waals surface area contributed by atoms with Crippen LogP contribution in [0.15, 0.2) is 18.6 Å². The van der Waals surface area contributed by atoms with E-state index in [0.717, 1.165) is 48.7 Å². The quantitative estimate of drug-likeness (QED) is 0.757. The highest BCUT2D eigenvalue weighted by atomic mass is 32.2. The van der Waals surface area contributed by atoms with Crippen molar-refractivity contribution in [1.29, 1.82) is 0 Å². The van der Waals surface area contributed by atoms with E-state index in [2.05, 4.69) is 19.9 Å². The highest BCUT2D eigenvalue weighted by Gasteiger charge is 2.48. The first kappa shape index (κ1) is 16.9. The first-order chi connectivity index (χ1) is 13.0. The highest BCUT2D eigenvalue weighted by Crippen LogP contribution is 2.40. The van der Waals surface area contributed by atoms with Gasteiger partial charge in [-0.15, -0.1) is 0 Å². The summed E-state index contributed by atoms with van der Waals surface area (Å²) in [6.07, 6.45) is 7.55. The minimum atomic E-state index is -3.25. The van der Waals surface area contributed by atoms with Crippen molar-refractivity contribution in [2.75, 3.05) is 36.0 Å². The molecule has 5 rings (SSSR count). The molecule has 5 heterocycles. The summed E-state index contributed by atoms with van der Waals surface area (Å²) >= 11 is 0. The van der Waals surface area contributed by atoms with E-state index in [9.17, 15) is 8.42 Å². The standard InChI is InChI=1S/C18H22N6O2S/c1-12-6-19-17(20-7-12)24-9-14-15(10-24)27(25,26)11-13-8-21-18(22-16(13)14)23-4-2-3-5-23/h6-8,14-15H,2-5,9-11H2,1H3/t14-,15+/m1/s1. The molecule has 0 saturated carbocycles. The summed E-state index contributed by atoms with van der Waals surface area (Å²) in [7, 11) is -3.25. The molecule has 8 nitrogen and oxygen atoms in total. The lowest BCUT2D eigenvalue weighted by atomic mass is 10.00. The molecular formula is C18H22N6O2S. The fourth-order valence-electron chi connectivity index (χ4n) is 4.35. The van der Waals surface area contributed by atoms with Crippen molar-refractivity contribution in [3.05, 3.63) is 35.4 Å². The van der Waals surface area contributed by atoms with Crippen LogP contribution in [0.5, 0.6) is 0 Å². The van der Waals surface area contributed by atoms with Crippen LogP contribution < -0.4 is 9.80 Å². The van der Waals surface area contributed by atoms with Crippen molar-refractivity contribution < 1.29 is 8.42 Å². The Kier molecular flexibility index (Phi) is 3.82. The molecule has 0 amide bonds. The maximum absolute atomic E-state index is 12.9. The van der Waals surface area contributed by atoms with Gasteiger partial charge in [-0.3, -0.25) is 0 Å². The monoisotopic (exact) mass is 386 g/mol. The average molecular weight is 386 g/mol. The zero-order valence-corrected chi connectivity index (χ0v) is 16.1. The largest absolute Gasteiger partial charge is 0.341 e. The van der Waals surface area contributed by atoms with Crippen LogP contribution in [0.2, 0.25) is 0 Å². The van der Waals surface area contributed by atoms with Gasteiger partial charge in [0.15, 0.2) is 9.84 Å². The molecule has 2 aromatic rings. The number of anilines is 2. The molecule has 0 unspecified atom stereocenters. The lowest BCUT2D eigenvalue weighted by Gasteiger charge is -2.27. The Bertz CT molecular complexity index is 972. The van der Waals surface area contributed by atoms with Gasteiger partial charge in [0.05, 0.1) is 16.7 Å². The topological polar surface area (TPSA) is 92.2 Å². The predicted octanol–water partition coefficient (Wildman–Crippen LogP) is 1.08. The molecule has 3 aliphatic heterocycles. The average Bonchev–Trinajstić information content (AvgIpc) is 3.32. The summed E-state index contributed by atoms with van der Waals surface area (Å²) in [5, 5.41) is -0.462. The van der Waals surface area contributed by atoms with Crippen molar-refractivity contribution in [1.82, 2.24) is 19.9 Å². The Labute approximate surface area is 158 Å². The van der Waals surface area contributed by atoms with Crippen LogP contribution in [0.4, 0.5) is 11.9 Å². The van der Waals surface area contributed by atoms with Crippen molar-refractivity contribution in [2.45, 2.75) is 36.7 Å². The number of aryl methyl sites for hydroxylation is 1. The molecule has 0 N–H and O–H groups in total. The van der Waals surface area contributed by atoms with E-state index in [4.69, 9.17) is 4.98 Å². The van der Waals surface area contributed by atoms with Crippen molar-refractivity contribution in [3.8, 4) is 0 Å². The van der Waals surface area contributed by atoms with Crippen LogP contribution >= 0.6 is 0 Å². The van der Waals surface area contributed by atoms with Crippen molar-refractivity contribution in [3.63, 3.8) is 0 Å². The Balaban J connectivity index is 1.52. The summed E-state index contributed by atoms with van der Waals surface area (Å²) in [5.41, 5.74) is 2.61. The minimum absolute atomic E-state index is 0.0202. The van der Waals surface area contributed by atoms with Gasteiger partial charge in [-0.05, 0) is 25.3 Å². The van der Waals surface area contributed by atoms with Crippen LogP contribution in [0.25, 0.3) is 0 Å². The van der Waals surface area contributed by atoms with E-state index in [0.29, 0.717) is 19.0 Å². The zero-order valence-electron chi connectivity index (χ0n) is 15.2. The van der Waals surface area contributed by atoms with E-state index in [1.54, 1.807) is 18.6 Å². The summed E-state index contributed by atoms with van der Waals surface area (Å²) in [6, 6.07) is 0. The normalized spacial score (nSPS) is 26.1. The molecule has 2 atom stereocenters. The Morgan fingerprint density at radius 3 is 2.41 bits per heavy atom. The Morgan fingerprint density at radius 2 is 1.67 bits per heavy atom. The molecule has 2 aromatic heterocycles. The number of hydrogen-bond acceptors (Lipinski definition) is 8. The molecule has 0 bridgehead atoms. The summed E-state index contributed by atoms with van der Waals surface area (Å²) in [4.78, 5) is 22.2. The van der Waals surface area contributed by atoms with Gasteiger partial charge >= 0.3 is 0 Å². The minimum Gasteiger partial charge on any atom is -0.341 e. The fourth-order valence-corrected chi connectivity index (χ4v) is 6.34. The fraction of sp³-hybridized carbons (Fsp3) is 0.556. The molecule has 2 fully saturated rings. The molecule has 0 spiro atoms. The van der Waals surface area contributed by atoms with E-state index in [-0.39, 0.29) is 11.7 Å². The van der Waals surface area contributed by atoms with E-state index in [1.165, 1.54) is 0 Å². The third-order valence-corrected chi connectivity index (χ3v) is 7.87. The molecule has 9 heteroatoms. The second-order valence-corrected chi connectivity index (χ2v) is 9.91. The van der Waals surface area contributed by atoms with Crippen LogP contribution in [0.1, 0.15) is 35.6 Å². The van der Waals surface area contributed by atoms with Crippen molar-refractivity contribution >= 4 is 21.7 Å². The van der Waals surface area contributed by atoms with Crippen molar-refractivity contribution in [2.24, 2.45) is 0 Å². The van der Waals surface area contributed by atoms with Crippen LogP contribution in [0.3, 0.4) is 0 Å². The first-order valence-corrected chi connectivity index (χ1v) is 11.1. The molecule has 0 aromatic carbocycles. The molecule has 0 aliphatic carbocycles. The van der Waals surface area contributed by atoms with Gasteiger partial charge in [0.2, 0.25) is 11.9 Å². The zero-order chi connectivity index (χ0) is 18.6. The van der Waals surface area contributed by atoms with E-state index < -0.39 is 15.1 Å². The third-order valence-electron chi connectivity index (χ3n) is 5.76. The van der Waals surface area contributed by atoms with Crippen LogP contribution in [-0.4, -0.2) is 59.8 Å². The molecule has 27 heavy (non-hydrogen) atoms. The summed E-state index contributed by atoms with van der Waals surface area (Å²) < 4.78 is 25.7. The second-order valence-electron chi connectivity index (χ2n) is 7.69. The number of sulfone groups is 1. The summed E-state index contributed by atoms with van der Waals surface area (Å²) in [6.45, 7) is 4.85. The third kappa shape index (κ3) is 2.84. The molecule has 2 saturated heterocycles. The van der Waals surface area contributed by atoms with Crippen LogP contribution in [0, 0.1) is 6.92 Å². The maximum atomic E-state index is 12.9. The first-order valence-electron chi connectivity index (χ1n) is 9.37. The SMILES string of the molecule is Cc1cnc(N2C[C@H]3c4nc(N5CCCC5)ncc4CS(=O)(=O)[C@H]3C2)nc1. The number of fused-ring (bicyclic) bond motifs is 3. The lowest BCUT2D eigenvalue weighted by Crippen LogP contribution is -2.35. The van der Waals surface area contributed by atoms with Gasteiger partial charge in [-0.2, -0.15) is 0 Å². The Hall–Kier alpha value is -2.29. The number of hydrogen-bond donors (Lipinski definition) is 0. The van der Waals surface area contributed by atoms with Crippen LogP contribution in [-0.2, 0) is 15.6 Å². The highest BCUT2D eigenvalue weighted by molar-refractivity contribution is 7.91. The molecular weight excluding hydrogens is 364 g/mol.